The predicted molar refractivity (Wildman–Crippen MR) is 72.4 cm³/mol. The van der Waals surface area contributed by atoms with Crippen LogP contribution in [0, 0.1) is 5.92 Å². The standard InChI is InChI=1S/C15H23NO2/c1-3-13(14-10-18-9-11(2)16-14)15(17)12-7-5-4-6-8-12/h4-8,11,13-17H,3,9-10H2,1-2H3. The van der Waals surface area contributed by atoms with Crippen molar-refractivity contribution < 1.29 is 9.84 Å². The van der Waals surface area contributed by atoms with Crippen LogP contribution in [-0.2, 0) is 4.74 Å². The van der Waals surface area contributed by atoms with Crippen LogP contribution in [0.3, 0.4) is 0 Å². The lowest BCUT2D eigenvalue weighted by Gasteiger charge is -2.36. The smallest absolute Gasteiger partial charge is 0.0833 e. The molecule has 0 radical (unpaired) electrons. The number of aliphatic hydroxyl groups excluding tert-OH is 1. The second kappa shape index (κ2) is 6.32. The first-order valence-corrected chi connectivity index (χ1v) is 6.79. The van der Waals surface area contributed by atoms with Gasteiger partial charge in [0.2, 0.25) is 0 Å². The molecule has 1 aromatic rings. The number of hydrogen-bond acceptors (Lipinski definition) is 3. The van der Waals surface area contributed by atoms with Crippen LogP contribution in [0.25, 0.3) is 0 Å². The summed E-state index contributed by atoms with van der Waals surface area (Å²) in [4.78, 5) is 0. The second-order valence-corrected chi connectivity index (χ2v) is 5.14. The summed E-state index contributed by atoms with van der Waals surface area (Å²) in [5.41, 5.74) is 0.990. The molecule has 3 heteroatoms. The highest BCUT2D eigenvalue weighted by atomic mass is 16.5. The molecule has 1 fully saturated rings. The number of benzene rings is 1. The average Bonchev–Trinajstić information content (AvgIpc) is 2.40. The second-order valence-electron chi connectivity index (χ2n) is 5.14. The molecule has 2 rings (SSSR count). The summed E-state index contributed by atoms with van der Waals surface area (Å²) in [5.74, 6) is 0.190. The zero-order valence-corrected chi connectivity index (χ0v) is 11.2. The molecule has 2 N–H and O–H groups in total. The van der Waals surface area contributed by atoms with Gasteiger partial charge < -0.3 is 15.2 Å². The SMILES string of the molecule is CCC(C1COCC(C)N1)C(O)c1ccccc1. The predicted octanol–water partition coefficient (Wildman–Crippen LogP) is 2.12. The first-order valence-electron chi connectivity index (χ1n) is 6.79. The summed E-state index contributed by atoms with van der Waals surface area (Å²) in [6.45, 7) is 5.69. The van der Waals surface area contributed by atoms with Gasteiger partial charge in [0, 0.05) is 18.0 Å². The van der Waals surface area contributed by atoms with Crippen molar-refractivity contribution in [1.82, 2.24) is 5.32 Å². The van der Waals surface area contributed by atoms with Crippen molar-refractivity contribution in [3.05, 3.63) is 35.9 Å². The molecule has 1 aliphatic heterocycles. The Hall–Kier alpha value is -0.900. The maximum absolute atomic E-state index is 10.5. The molecule has 0 spiro atoms. The Labute approximate surface area is 109 Å². The third-order valence-electron chi connectivity index (χ3n) is 3.70. The van der Waals surface area contributed by atoms with Crippen LogP contribution in [-0.4, -0.2) is 30.4 Å². The zero-order valence-electron chi connectivity index (χ0n) is 11.2. The van der Waals surface area contributed by atoms with E-state index in [9.17, 15) is 5.11 Å². The van der Waals surface area contributed by atoms with E-state index in [1.165, 1.54) is 0 Å². The molecule has 100 valence electrons. The first-order chi connectivity index (χ1) is 8.72. The van der Waals surface area contributed by atoms with Crippen molar-refractivity contribution >= 4 is 0 Å². The lowest BCUT2D eigenvalue weighted by Crippen LogP contribution is -2.52. The van der Waals surface area contributed by atoms with Crippen molar-refractivity contribution in [3.8, 4) is 0 Å². The third kappa shape index (κ3) is 3.10. The fourth-order valence-corrected chi connectivity index (χ4v) is 2.71. The maximum Gasteiger partial charge on any atom is 0.0833 e. The highest BCUT2D eigenvalue weighted by Crippen LogP contribution is 2.28. The van der Waals surface area contributed by atoms with E-state index in [0.29, 0.717) is 12.6 Å². The average molecular weight is 249 g/mol. The fourth-order valence-electron chi connectivity index (χ4n) is 2.71. The Morgan fingerprint density at radius 2 is 2.06 bits per heavy atom. The molecule has 1 aliphatic rings. The van der Waals surface area contributed by atoms with Crippen molar-refractivity contribution in [1.29, 1.82) is 0 Å². The van der Waals surface area contributed by atoms with Crippen molar-refractivity contribution in [2.75, 3.05) is 13.2 Å². The normalized spacial score (nSPS) is 27.7. The number of aliphatic hydroxyl groups is 1. The molecule has 4 unspecified atom stereocenters. The number of hydrogen-bond donors (Lipinski definition) is 2. The monoisotopic (exact) mass is 249 g/mol. The van der Waals surface area contributed by atoms with Crippen LogP contribution in [0.4, 0.5) is 0 Å². The molecule has 0 aromatic heterocycles. The number of rotatable bonds is 4. The quantitative estimate of drug-likeness (QED) is 0.859. The minimum Gasteiger partial charge on any atom is -0.388 e. The van der Waals surface area contributed by atoms with Crippen LogP contribution < -0.4 is 5.32 Å². The van der Waals surface area contributed by atoms with Crippen LogP contribution >= 0.6 is 0 Å². The van der Waals surface area contributed by atoms with E-state index in [0.717, 1.165) is 18.6 Å². The Morgan fingerprint density at radius 3 is 2.67 bits per heavy atom. The van der Waals surface area contributed by atoms with E-state index in [1.807, 2.05) is 30.3 Å². The van der Waals surface area contributed by atoms with Crippen LogP contribution in [0.2, 0.25) is 0 Å². The van der Waals surface area contributed by atoms with Crippen molar-refractivity contribution in [2.45, 2.75) is 38.5 Å². The molecule has 18 heavy (non-hydrogen) atoms. The number of ether oxygens (including phenoxy) is 1. The minimum absolute atomic E-state index is 0.190. The van der Waals surface area contributed by atoms with Gasteiger partial charge >= 0.3 is 0 Å². The van der Waals surface area contributed by atoms with Gasteiger partial charge in [0.15, 0.2) is 0 Å². The van der Waals surface area contributed by atoms with E-state index >= 15 is 0 Å². The molecule has 1 saturated heterocycles. The molecular formula is C15H23NO2. The lowest BCUT2D eigenvalue weighted by atomic mass is 9.86. The van der Waals surface area contributed by atoms with Gasteiger partial charge in [-0.05, 0) is 18.9 Å². The molecule has 4 atom stereocenters. The maximum atomic E-state index is 10.5. The Kier molecular flexibility index (Phi) is 4.75. The van der Waals surface area contributed by atoms with Crippen molar-refractivity contribution in [3.63, 3.8) is 0 Å². The zero-order chi connectivity index (χ0) is 13.0. The third-order valence-corrected chi connectivity index (χ3v) is 3.70. The van der Waals surface area contributed by atoms with E-state index in [4.69, 9.17) is 4.74 Å². The van der Waals surface area contributed by atoms with Gasteiger partial charge in [0.05, 0.1) is 19.3 Å². The minimum atomic E-state index is -0.428. The van der Waals surface area contributed by atoms with Crippen LogP contribution in [0.15, 0.2) is 30.3 Å². The van der Waals surface area contributed by atoms with Gasteiger partial charge in [-0.1, -0.05) is 37.3 Å². The fraction of sp³-hybridized carbons (Fsp3) is 0.600. The molecule has 0 bridgehead atoms. The lowest BCUT2D eigenvalue weighted by molar-refractivity contribution is -0.00499. The van der Waals surface area contributed by atoms with Crippen LogP contribution in [0.5, 0.6) is 0 Å². The molecule has 0 saturated carbocycles. The van der Waals surface area contributed by atoms with Gasteiger partial charge in [0.25, 0.3) is 0 Å². The number of nitrogens with one attached hydrogen (secondary N) is 1. The summed E-state index contributed by atoms with van der Waals surface area (Å²) in [7, 11) is 0. The van der Waals surface area contributed by atoms with E-state index in [2.05, 4.69) is 19.2 Å². The van der Waals surface area contributed by atoms with Gasteiger partial charge in [-0.2, -0.15) is 0 Å². The summed E-state index contributed by atoms with van der Waals surface area (Å²) in [5, 5.41) is 14.1. The highest BCUT2D eigenvalue weighted by molar-refractivity contribution is 5.18. The summed E-state index contributed by atoms with van der Waals surface area (Å²) in [6.07, 6.45) is 0.506. The first kappa shape index (κ1) is 13.5. The highest BCUT2D eigenvalue weighted by Gasteiger charge is 2.31. The molecule has 0 aliphatic carbocycles. The van der Waals surface area contributed by atoms with Gasteiger partial charge in [-0.15, -0.1) is 0 Å². The molecular weight excluding hydrogens is 226 g/mol. The molecule has 0 amide bonds. The Morgan fingerprint density at radius 1 is 1.33 bits per heavy atom. The summed E-state index contributed by atoms with van der Waals surface area (Å²) < 4.78 is 5.59. The largest absolute Gasteiger partial charge is 0.388 e. The van der Waals surface area contributed by atoms with Crippen LogP contribution in [0.1, 0.15) is 31.9 Å². The van der Waals surface area contributed by atoms with E-state index < -0.39 is 6.10 Å². The van der Waals surface area contributed by atoms with Crippen molar-refractivity contribution in [2.24, 2.45) is 5.92 Å². The van der Waals surface area contributed by atoms with Gasteiger partial charge in [-0.3, -0.25) is 0 Å². The Bertz CT molecular complexity index is 355. The molecule has 1 aromatic carbocycles. The molecule has 1 heterocycles. The van der Waals surface area contributed by atoms with Gasteiger partial charge in [-0.25, -0.2) is 0 Å². The van der Waals surface area contributed by atoms with E-state index in [1.54, 1.807) is 0 Å². The summed E-state index contributed by atoms with van der Waals surface area (Å²) >= 11 is 0. The molecule has 3 nitrogen and oxygen atoms in total. The Balaban J connectivity index is 2.08. The topological polar surface area (TPSA) is 41.5 Å². The number of morpholine rings is 1. The van der Waals surface area contributed by atoms with Gasteiger partial charge in [0.1, 0.15) is 0 Å². The summed E-state index contributed by atoms with van der Waals surface area (Å²) in [6, 6.07) is 10.5. The van der Waals surface area contributed by atoms with E-state index in [-0.39, 0.29) is 12.0 Å².